The van der Waals surface area contributed by atoms with Crippen molar-refractivity contribution in [3.8, 4) is 0 Å². The smallest absolute Gasteiger partial charge is 0.0962 e. The first kappa shape index (κ1) is 9.79. The highest BCUT2D eigenvalue weighted by atomic mass is 32.1. The van der Waals surface area contributed by atoms with Gasteiger partial charge in [0.1, 0.15) is 0 Å². The van der Waals surface area contributed by atoms with Crippen molar-refractivity contribution in [1.82, 2.24) is 10.3 Å². The summed E-state index contributed by atoms with van der Waals surface area (Å²) in [5.74, 6) is 0.822. The molecule has 1 unspecified atom stereocenters. The fraction of sp³-hybridized carbons (Fsp3) is 0.750. The Kier molecular flexibility index (Phi) is 2.53. The lowest BCUT2D eigenvalue weighted by Crippen LogP contribution is -2.23. The first-order valence-corrected chi connectivity index (χ1v) is 6.93. The van der Waals surface area contributed by atoms with Gasteiger partial charge >= 0.3 is 0 Å². The Morgan fingerprint density at radius 3 is 3.00 bits per heavy atom. The minimum atomic E-state index is 0.601. The van der Waals surface area contributed by atoms with Gasteiger partial charge in [-0.25, -0.2) is 4.98 Å². The molecule has 2 nitrogen and oxygen atoms in total. The molecule has 0 radical (unpaired) electrons. The molecule has 0 bridgehead atoms. The molecule has 2 aliphatic rings. The summed E-state index contributed by atoms with van der Waals surface area (Å²) in [5, 5.41) is 5.00. The molecule has 0 aromatic carbocycles. The second-order valence-electron chi connectivity index (χ2n) is 4.64. The lowest BCUT2D eigenvalue weighted by molar-refractivity contribution is 0.476. The molecule has 1 atom stereocenters. The van der Waals surface area contributed by atoms with E-state index in [1.54, 1.807) is 4.88 Å². The van der Waals surface area contributed by atoms with Gasteiger partial charge in [-0.05, 0) is 38.6 Å². The van der Waals surface area contributed by atoms with Crippen LogP contribution in [0, 0.1) is 0 Å². The molecule has 0 spiro atoms. The molecule has 82 valence electrons. The van der Waals surface area contributed by atoms with Crippen LogP contribution in [0.2, 0.25) is 0 Å². The summed E-state index contributed by atoms with van der Waals surface area (Å²) in [7, 11) is 0. The summed E-state index contributed by atoms with van der Waals surface area (Å²) in [6, 6.07) is 0.601. The van der Waals surface area contributed by atoms with E-state index in [0.717, 1.165) is 12.5 Å². The molecule has 0 aliphatic heterocycles. The van der Waals surface area contributed by atoms with Crippen LogP contribution < -0.4 is 5.32 Å². The van der Waals surface area contributed by atoms with Gasteiger partial charge in [0, 0.05) is 16.8 Å². The topological polar surface area (TPSA) is 24.9 Å². The molecule has 1 heterocycles. The van der Waals surface area contributed by atoms with E-state index in [2.05, 4.69) is 12.2 Å². The Hall–Kier alpha value is -0.410. The Morgan fingerprint density at radius 1 is 1.40 bits per heavy atom. The number of hydrogen-bond acceptors (Lipinski definition) is 3. The average Bonchev–Trinajstić information content (AvgIpc) is 2.99. The normalized spacial score (nSPS) is 25.3. The van der Waals surface area contributed by atoms with Gasteiger partial charge in [-0.2, -0.15) is 0 Å². The summed E-state index contributed by atoms with van der Waals surface area (Å²) in [5.41, 5.74) is 1.40. The van der Waals surface area contributed by atoms with Gasteiger partial charge in [0.05, 0.1) is 10.7 Å². The number of nitrogens with one attached hydrogen (secondary N) is 1. The zero-order valence-electron chi connectivity index (χ0n) is 9.25. The average molecular weight is 222 g/mol. The van der Waals surface area contributed by atoms with Crippen molar-refractivity contribution in [2.24, 2.45) is 0 Å². The molecule has 1 aromatic rings. The lowest BCUT2D eigenvalue weighted by atomic mass is 9.98. The van der Waals surface area contributed by atoms with Crippen molar-refractivity contribution < 1.29 is 0 Å². The predicted octanol–water partition coefficient (Wildman–Crippen LogP) is 3.01. The van der Waals surface area contributed by atoms with Crippen molar-refractivity contribution in [3.63, 3.8) is 0 Å². The van der Waals surface area contributed by atoms with Crippen molar-refractivity contribution in [2.75, 3.05) is 6.54 Å². The lowest BCUT2D eigenvalue weighted by Gasteiger charge is -2.21. The third-order valence-corrected chi connectivity index (χ3v) is 4.72. The van der Waals surface area contributed by atoms with Crippen molar-refractivity contribution in [2.45, 2.75) is 51.0 Å². The third kappa shape index (κ3) is 1.83. The maximum atomic E-state index is 4.82. The van der Waals surface area contributed by atoms with E-state index in [0.29, 0.717) is 6.04 Å². The number of hydrogen-bond donors (Lipinski definition) is 1. The molecule has 15 heavy (non-hydrogen) atoms. The van der Waals surface area contributed by atoms with Gasteiger partial charge in [-0.3, -0.25) is 0 Å². The van der Waals surface area contributed by atoms with Gasteiger partial charge in [0.25, 0.3) is 0 Å². The second-order valence-corrected chi connectivity index (χ2v) is 5.70. The van der Waals surface area contributed by atoms with E-state index >= 15 is 0 Å². The second kappa shape index (κ2) is 3.87. The fourth-order valence-corrected chi connectivity index (χ4v) is 3.78. The third-order valence-electron chi connectivity index (χ3n) is 3.34. The largest absolute Gasteiger partial charge is 0.309 e. The van der Waals surface area contributed by atoms with Crippen molar-refractivity contribution in [3.05, 3.63) is 15.6 Å². The summed E-state index contributed by atoms with van der Waals surface area (Å²) in [6.07, 6.45) is 6.56. The highest BCUT2D eigenvalue weighted by molar-refractivity contribution is 7.12. The van der Waals surface area contributed by atoms with Crippen LogP contribution >= 0.6 is 11.3 Å². The fourth-order valence-electron chi connectivity index (χ4n) is 2.38. The molecule has 1 N–H and O–H groups in total. The minimum absolute atomic E-state index is 0.601. The van der Waals surface area contributed by atoms with E-state index in [1.165, 1.54) is 42.8 Å². The summed E-state index contributed by atoms with van der Waals surface area (Å²) < 4.78 is 0. The Morgan fingerprint density at radius 2 is 2.27 bits per heavy atom. The van der Waals surface area contributed by atoms with Crippen LogP contribution in [0.25, 0.3) is 0 Å². The quantitative estimate of drug-likeness (QED) is 0.850. The Bertz CT molecular complexity index is 355. The number of thiazole rings is 1. The predicted molar refractivity (Wildman–Crippen MR) is 63.4 cm³/mol. The van der Waals surface area contributed by atoms with Crippen LogP contribution in [0.4, 0.5) is 0 Å². The molecule has 2 aliphatic carbocycles. The van der Waals surface area contributed by atoms with Crippen LogP contribution in [-0.4, -0.2) is 11.5 Å². The summed E-state index contributed by atoms with van der Waals surface area (Å²) in [4.78, 5) is 6.37. The van der Waals surface area contributed by atoms with Gasteiger partial charge in [-0.1, -0.05) is 6.92 Å². The Balaban J connectivity index is 1.88. The van der Waals surface area contributed by atoms with E-state index in [9.17, 15) is 0 Å². The molecule has 3 rings (SSSR count). The highest BCUT2D eigenvalue weighted by Crippen LogP contribution is 2.45. The SMILES string of the molecule is CCNC1CCCc2nc(C3CC3)sc21. The van der Waals surface area contributed by atoms with E-state index in [-0.39, 0.29) is 0 Å². The van der Waals surface area contributed by atoms with Gasteiger partial charge < -0.3 is 5.32 Å². The minimum Gasteiger partial charge on any atom is -0.309 e. The highest BCUT2D eigenvalue weighted by Gasteiger charge is 2.31. The standard InChI is InChI=1S/C12H18N2S/c1-2-13-9-4-3-5-10-11(9)15-12(14-10)8-6-7-8/h8-9,13H,2-7H2,1H3. The number of rotatable bonds is 3. The maximum Gasteiger partial charge on any atom is 0.0962 e. The van der Waals surface area contributed by atoms with E-state index < -0.39 is 0 Å². The number of aromatic nitrogens is 1. The first-order chi connectivity index (χ1) is 7.38. The van der Waals surface area contributed by atoms with Crippen LogP contribution in [0.5, 0.6) is 0 Å². The molecule has 0 amide bonds. The molecular formula is C12H18N2S. The van der Waals surface area contributed by atoms with Crippen LogP contribution in [0.15, 0.2) is 0 Å². The summed E-state index contributed by atoms with van der Waals surface area (Å²) >= 11 is 1.98. The first-order valence-electron chi connectivity index (χ1n) is 6.11. The molecule has 1 fully saturated rings. The van der Waals surface area contributed by atoms with Gasteiger partial charge in [-0.15, -0.1) is 11.3 Å². The zero-order chi connectivity index (χ0) is 10.3. The number of fused-ring (bicyclic) bond motifs is 1. The van der Waals surface area contributed by atoms with Gasteiger partial charge in [0.2, 0.25) is 0 Å². The van der Waals surface area contributed by atoms with Gasteiger partial charge in [0.15, 0.2) is 0 Å². The number of aryl methyl sites for hydroxylation is 1. The molecular weight excluding hydrogens is 204 g/mol. The van der Waals surface area contributed by atoms with Crippen molar-refractivity contribution in [1.29, 1.82) is 0 Å². The molecule has 3 heteroatoms. The molecule has 0 saturated heterocycles. The van der Waals surface area contributed by atoms with Crippen LogP contribution in [-0.2, 0) is 6.42 Å². The zero-order valence-corrected chi connectivity index (χ0v) is 10.1. The van der Waals surface area contributed by atoms with E-state index in [4.69, 9.17) is 4.98 Å². The molecule has 1 aromatic heterocycles. The monoisotopic (exact) mass is 222 g/mol. The van der Waals surface area contributed by atoms with E-state index in [1.807, 2.05) is 11.3 Å². The maximum absolute atomic E-state index is 4.82. The van der Waals surface area contributed by atoms with Crippen LogP contribution in [0.1, 0.15) is 60.1 Å². The van der Waals surface area contributed by atoms with Crippen LogP contribution in [0.3, 0.4) is 0 Å². The molecule has 1 saturated carbocycles. The Labute approximate surface area is 95.1 Å². The van der Waals surface area contributed by atoms with Crippen molar-refractivity contribution >= 4 is 11.3 Å². The summed E-state index contributed by atoms with van der Waals surface area (Å²) in [6.45, 7) is 3.26. The number of nitrogens with zero attached hydrogens (tertiary/aromatic N) is 1.